The molecule has 0 spiro atoms. The maximum absolute atomic E-state index is 12.5. The number of amides is 2. The van der Waals surface area contributed by atoms with Crippen LogP contribution in [0.5, 0.6) is 0 Å². The Bertz CT molecular complexity index is 1370. The number of hydrogen-bond donors (Lipinski definition) is 2. The van der Waals surface area contributed by atoms with E-state index in [2.05, 4.69) is 20.6 Å². The summed E-state index contributed by atoms with van der Waals surface area (Å²) in [6, 6.07) is 18.8. The van der Waals surface area contributed by atoms with Gasteiger partial charge in [-0.05, 0) is 36.4 Å². The number of carbonyl (C=O) groups excluding carboxylic acids is 2. The van der Waals surface area contributed by atoms with Gasteiger partial charge in [0, 0.05) is 16.6 Å². The number of nitrogens with zero attached hydrogens (tertiary/aromatic N) is 2. The number of para-hydroxylation sites is 1. The summed E-state index contributed by atoms with van der Waals surface area (Å²) in [5, 5.41) is 8.62. The van der Waals surface area contributed by atoms with Gasteiger partial charge in [-0.25, -0.2) is 9.97 Å². The Kier molecular flexibility index (Phi) is 5.49. The van der Waals surface area contributed by atoms with E-state index < -0.39 is 0 Å². The zero-order chi connectivity index (χ0) is 21.9. The minimum absolute atomic E-state index is 0.0957. The zero-order valence-electron chi connectivity index (χ0n) is 16.6. The van der Waals surface area contributed by atoms with E-state index in [4.69, 9.17) is 4.42 Å². The van der Waals surface area contributed by atoms with Gasteiger partial charge in [-0.15, -0.1) is 22.7 Å². The molecule has 3 heterocycles. The summed E-state index contributed by atoms with van der Waals surface area (Å²) in [5.74, 6) is -0.375. The molecule has 0 aliphatic heterocycles. The summed E-state index contributed by atoms with van der Waals surface area (Å²) in [5.41, 5.74) is 3.17. The summed E-state index contributed by atoms with van der Waals surface area (Å²) in [6.07, 6.45) is 1.52. The maximum Gasteiger partial charge on any atom is 0.293 e. The Hall–Kier alpha value is -3.82. The average molecular weight is 461 g/mol. The Balaban J connectivity index is 1.23. The molecule has 3 aromatic heterocycles. The predicted molar refractivity (Wildman–Crippen MR) is 126 cm³/mol. The second-order valence-electron chi connectivity index (χ2n) is 6.87. The zero-order valence-corrected chi connectivity index (χ0v) is 18.2. The van der Waals surface area contributed by atoms with Crippen molar-refractivity contribution >= 4 is 55.5 Å². The summed E-state index contributed by atoms with van der Waals surface area (Å²) in [4.78, 5) is 33.5. The standard InChI is InChI=1S/C23H16N4O3S2/c28-20(12-16-13-31-23(25-16)27-21(29)18-8-4-10-30-18)24-15-6-3-5-14(11-15)22-26-17-7-1-2-9-19(17)32-22/h1-11,13H,12H2,(H,24,28)(H,25,27,29). The number of fused-ring (bicyclic) bond motifs is 1. The molecule has 0 saturated heterocycles. The molecule has 2 aromatic carbocycles. The van der Waals surface area contributed by atoms with Gasteiger partial charge in [-0.2, -0.15) is 0 Å². The summed E-state index contributed by atoms with van der Waals surface area (Å²) < 4.78 is 6.18. The van der Waals surface area contributed by atoms with Crippen LogP contribution in [0, 0.1) is 0 Å². The van der Waals surface area contributed by atoms with Crippen LogP contribution in [0.4, 0.5) is 10.8 Å². The first-order valence-electron chi connectivity index (χ1n) is 9.69. The van der Waals surface area contributed by atoms with Crippen LogP contribution >= 0.6 is 22.7 Å². The number of rotatable bonds is 6. The van der Waals surface area contributed by atoms with Crippen molar-refractivity contribution in [3.05, 3.63) is 83.8 Å². The number of nitrogens with one attached hydrogen (secondary N) is 2. The lowest BCUT2D eigenvalue weighted by Crippen LogP contribution is -2.15. The van der Waals surface area contributed by atoms with Crippen LogP contribution in [0.2, 0.25) is 0 Å². The number of thiazole rings is 2. The third-order valence-corrected chi connectivity index (χ3v) is 6.44. The van der Waals surface area contributed by atoms with E-state index in [0.29, 0.717) is 16.5 Å². The van der Waals surface area contributed by atoms with E-state index in [9.17, 15) is 9.59 Å². The molecule has 5 rings (SSSR count). The molecule has 0 aliphatic carbocycles. The highest BCUT2D eigenvalue weighted by atomic mass is 32.1. The molecule has 5 aromatic rings. The molecule has 32 heavy (non-hydrogen) atoms. The Morgan fingerprint density at radius 3 is 2.72 bits per heavy atom. The molecule has 9 heteroatoms. The van der Waals surface area contributed by atoms with Crippen molar-refractivity contribution in [1.82, 2.24) is 9.97 Å². The number of anilines is 2. The van der Waals surface area contributed by atoms with Crippen LogP contribution in [-0.4, -0.2) is 21.8 Å². The molecule has 0 bridgehead atoms. The first-order valence-corrected chi connectivity index (χ1v) is 11.4. The number of benzene rings is 2. The van der Waals surface area contributed by atoms with Crippen LogP contribution < -0.4 is 10.6 Å². The molecule has 0 saturated carbocycles. The molecule has 0 atom stereocenters. The van der Waals surface area contributed by atoms with Crippen molar-refractivity contribution in [1.29, 1.82) is 0 Å². The van der Waals surface area contributed by atoms with Gasteiger partial charge >= 0.3 is 0 Å². The van der Waals surface area contributed by atoms with Crippen molar-refractivity contribution in [3.8, 4) is 10.6 Å². The molecule has 7 nitrogen and oxygen atoms in total. The molecule has 2 N–H and O–H groups in total. The van der Waals surface area contributed by atoms with Crippen molar-refractivity contribution in [2.75, 3.05) is 10.6 Å². The number of furan rings is 1. The van der Waals surface area contributed by atoms with Crippen LogP contribution in [0.3, 0.4) is 0 Å². The van der Waals surface area contributed by atoms with Gasteiger partial charge in [-0.1, -0.05) is 24.3 Å². The summed E-state index contributed by atoms with van der Waals surface area (Å²) in [6.45, 7) is 0. The number of hydrogen-bond acceptors (Lipinski definition) is 7. The number of aromatic nitrogens is 2. The van der Waals surface area contributed by atoms with E-state index in [1.165, 1.54) is 17.6 Å². The highest BCUT2D eigenvalue weighted by molar-refractivity contribution is 7.21. The minimum Gasteiger partial charge on any atom is -0.459 e. The van der Waals surface area contributed by atoms with Crippen molar-refractivity contribution in [3.63, 3.8) is 0 Å². The topological polar surface area (TPSA) is 97.1 Å². The molecule has 0 unspecified atom stereocenters. The lowest BCUT2D eigenvalue weighted by molar-refractivity contribution is -0.115. The maximum atomic E-state index is 12.5. The van der Waals surface area contributed by atoms with Gasteiger partial charge in [0.1, 0.15) is 5.01 Å². The largest absolute Gasteiger partial charge is 0.459 e. The summed E-state index contributed by atoms with van der Waals surface area (Å²) in [7, 11) is 0. The van der Waals surface area contributed by atoms with Crippen LogP contribution in [0.15, 0.2) is 76.7 Å². The van der Waals surface area contributed by atoms with Crippen molar-refractivity contribution in [2.24, 2.45) is 0 Å². The van der Waals surface area contributed by atoms with Gasteiger partial charge in [0.15, 0.2) is 10.9 Å². The lowest BCUT2D eigenvalue weighted by Gasteiger charge is -2.05. The van der Waals surface area contributed by atoms with E-state index >= 15 is 0 Å². The number of carbonyl (C=O) groups is 2. The monoisotopic (exact) mass is 460 g/mol. The van der Waals surface area contributed by atoms with Gasteiger partial charge in [-0.3, -0.25) is 14.9 Å². The Labute approximate surface area is 190 Å². The smallest absolute Gasteiger partial charge is 0.293 e. The quantitative estimate of drug-likeness (QED) is 0.351. The van der Waals surface area contributed by atoms with E-state index in [1.807, 2.05) is 48.5 Å². The molecule has 2 amide bonds. The molecular weight excluding hydrogens is 444 g/mol. The average Bonchev–Trinajstić information content (AvgIpc) is 3.54. The Morgan fingerprint density at radius 2 is 1.88 bits per heavy atom. The second-order valence-corrected chi connectivity index (χ2v) is 8.76. The normalized spacial score (nSPS) is 10.9. The first kappa shape index (κ1) is 20.1. The van der Waals surface area contributed by atoms with Crippen LogP contribution in [0.25, 0.3) is 20.8 Å². The summed E-state index contributed by atoms with van der Waals surface area (Å²) >= 11 is 2.87. The van der Waals surface area contributed by atoms with Gasteiger partial charge in [0.2, 0.25) is 5.91 Å². The van der Waals surface area contributed by atoms with Crippen LogP contribution in [0.1, 0.15) is 16.2 Å². The Morgan fingerprint density at radius 1 is 0.969 bits per heavy atom. The molecule has 0 aliphatic rings. The minimum atomic E-state index is -0.382. The fourth-order valence-corrected chi connectivity index (χ4v) is 4.77. The first-order chi connectivity index (χ1) is 15.6. The van der Waals surface area contributed by atoms with E-state index in [-0.39, 0.29) is 24.0 Å². The molecular formula is C23H16N4O3S2. The highest BCUT2D eigenvalue weighted by Crippen LogP contribution is 2.31. The fourth-order valence-electron chi connectivity index (χ4n) is 3.11. The van der Waals surface area contributed by atoms with E-state index in [0.717, 1.165) is 20.8 Å². The third kappa shape index (κ3) is 4.43. The highest BCUT2D eigenvalue weighted by Gasteiger charge is 2.13. The predicted octanol–water partition coefficient (Wildman–Crippen LogP) is 5.45. The van der Waals surface area contributed by atoms with Crippen molar-refractivity contribution in [2.45, 2.75) is 6.42 Å². The second kappa shape index (κ2) is 8.74. The third-order valence-electron chi connectivity index (χ3n) is 4.55. The van der Waals surface area contributed by atoms with E-state index in [1.54, 1.807) is 28.8 Å². The lowest BCUT2D eigenvalue weighted by atomic mass is 10.2. The van der Waals surface area contributed by atoms with Gasteiger partial charge < -0.3 is 9.73 Å². The molecule has 0 fully saturated rings. The van der Waals surface area contributed by atoms with Crippen LogP contribution in [-0.2, 0) is 11.2 Å². The van der Waals surface area contributed by atoms with Gasteiger partial charge in [0.25, 0.3) is 5.91 Å². The fraction of sp³-hybridized carbons (Fsp3) is 0.0435. The SMILES string of the molecule is O=C(Cc1csc(NC(=O)c2ccco2)n1)Nc1cccc(-c2nc3ccccc3s2)c1. The molecule has 158 valence electrons. The molecule has 0 radical (unpaired) electrons. The van der Waals surface area contributed by atoms with Gasteiger partial charge in [0.05, 0.1) is 28.6 Å². The van der Waals surface area contributed by atoms with Crippen molar-refractivity contribution < 1.29 is 14.0 Å².